The summed E-state index contributed by atoms with van der Waals surface area (Å²) in [5, 5.41) is 4.06. The number of aryl methyl sites for hydroxylation is 1. The van der Waals surface area contributed by atoms with Crippen LogP contribution < -0.4 is 5.73 Å². The van der Waals surface area contributed by atoms with E-state index in [1.54, 1.807) is 6.92 Å². The molecule has 5 rings (SSSR count). The summed E-state index contributed by atoms with van der Waals surface area (Å²) >= 11 is 0. The quantitative estimate of drug-likeness (QED) is 0.290. The summed E-state index contributed by atoms with van der Waals surface area (Å²) in [5.41, 5.74) is 11.5. The van der Waals surface area contributed by atoms with Gasteiger partial charge in [0.05, 0.1) is 23.3 Å². The lowest BCUT2D eigenvalue weighted by Crippen LogP contribution is -2.24. The van der Waals surface area contributed by atoms with Crippen molar-refractivity contribution in [2.24, 2.45) is 5.73 Å². The Morgan fingerprint density at radius 1 is 0.921 bits per heavy atom. The van der Waals surface area contributed by atoms with Crippen LogP contribution >= 0.6 is 0 Å². The molecular weight excluding hydrogens is 480 g/mol. The van der Waals surface area contributed by atoms with Crippen molar-refractivity contribution in [3.05, 3.63) is 101 Å². The number of carbonyl (C=O) groups is 2. The van der Waals surface area contributed by atoms with Crippen LogP contribution in [0.15, 0.2) is 83.4 Å². The molecule has 1 aromatic heterocycles. The van der Waals surface area contributed by atoms with E-state index in [0.29, 0.717) is 23.6 Å². The second-order valence-electron chi connectivity index (χ2n) is 9.54. The van der Waals surface area contributed by atoms with E-state index < -0.39 is 17.4 Å². The standard InChI is InChI=1S/C31H30N2O5/c1-3-36-30(35)31(17-18-31)25-15-13-23(14-16-25)22-9-11-24(12-10-22)28-26(20(2)33-38-28)27(32)29(34)37-19-21-7-5-4-6-8-21/h4-16,27H,3,17-19,32H2,1-2H3. The lowest BCUT2D eigenvalue weighted by Gasteiger charge is -2.15. The summed E-state index contributed by atoms with van der Waals surface area (Å²) in [4.78, 5) is 25.1. The van der Waals surface area contributed by atoms with E-state index in [9.17, 15) is 9.59 Å². The van der Waals surface area contributed by atoms with Gasteiger partial charge in [0.25, 0.3) is 0 Å². The molecule has 2 N–H and O–H groups in total. The van der Waals surface area contributed by atoms with Gasteiger partial charge in [0.1, 0.15) is 12.6 Å². The number of nitrogens with two attached hydrogens (primary N) is 1. The van der Waals surface area contributed by atoms with Crippen molar-refractivity contribution in [3.8, 4) is 22.5 Å². The van der Waals surface area contributed by atoms with Crippen LogP contribution in [0.4, 0.5) is 0 Å². The molecular formula is C31H30N2O5. The molecule has 1 atom stereocenters. The molecule has 1 saturated carbocycles. The molecule has 1 aliphatic rings. The first-order valence-electron chi connectivity index (χ1n) is 12.7. The highest BCUT2D eigenvalue weighted by Crippen LogP contribution is 2.49. The Kier molecular flexibility index (Phi) is 7.11. The van der Waals surface area contributed by atoms with Crippen LogP contribution in [0.3, 0.4) is 0 Å². The van der Waals surface area contributed by atoms with Crippen LogP contribution in [-0.4, -0.2) is 23.7 Å². The highest BCUT2D eigenvalue weighted by molar-refractivity contribution is 5.87. The van der Waals surface area contributed by atoms with E-state index in [0.717, 1.165) is 40.7 Å². The van der Waals surface area contributed by atoms with E-state index >= 15 is 0 Å². The maximum absolute atomic E-state index is 12.7. The van der Waals surface area contributed by atoms with Crippen molar-refractivity contribution in [3.63, 3.8) is 0 Å². The Morgan fingerprint density at radius 3 is 2.13 bits per heavy atom. The van der Waals surface area contributed by atoms with Crippen molar-refractivity contribution in [1.29, 1.82) is 0 Å². The van der Waals surface area contributed by atoms with Crippen molar-refractivity contribution in [2.45, 2.75) is 44.8 Å². The predicted molar refractivity (Wildman–Crippen MR) is 143 cm³/mol. The number of nitrogens with zero attached hydrogens (tertiary/aromatic N) is 1. The third kappa shape index (κ3) is 4.97. The average Bonchev–Trinajstić information content (AvgIpc) is 3.68. The minimum absolute atomic E-state index is 0.140. The average molecular weight is 511 g/mol. The number of carbonyl (C=O) groups excluding carboxylic acids is 2. The molecule has 7 heteroatoms. The zero-order valence-corrected chi connectivity index (χ0v) is 21.5. The van der Waals surface area contributed by atoms with Crippen LogP contribution in [0.5, 0.6) is 0 Å². The molecule has 3 aromatic carbocycles. The first-order valence-corrected chi connectivity index (χ1v) is 12.7. The molecule has 0 aliphatic heterocycles. The van der Waals surface area contributed by atoms with E-state index in [2.05, 4.69) is 5.16 Å². The van der Waals surface area contributed by atoms with Crippen molar-refractivity contribution in [2.75, 3.05) is 6.61 Å². The number of hydrogen-bond acceptors (Lipinski definition) is 7. The second-order valence-corrected chi connectivity index (χ2v) is 9.54. The molecule has 0 saturated heterocycles. The van der Waals surface area contributed by atoms with Crippen molar-refractivity contribution < 1.29 is 23.6 Å². The summed E-state index contributed by atoms with van der Waals surface area (Å²) in [5.74, 6) is -0.245. The minimum atomic E-state index is -1.03. The van der Waals surface area contributed by atoms with Gasteiger partial charge in [0.15, 0.2) is 5.76 Å². The second kappa shape index (κ2) is 10.6. The molecule has 0 spiro atoms. The molecule has 194 valence electrons. The molecule has 7 nitrogen and oxygen atoms in total. The molecule has 0 radical (unpaired) electrons. The predicted octanol–water partition coefficient (Wildman–Crippen LogP) is 5.65. The summed E-state index contributed by atoms with van der Waals surface area (Å²) in [6.07, 6.45) is 1.64. The Labute approximate surface area is 221 Å². The zero-order valence-electron chi connectivity index (χ0n) is 21.5. The molecule has 4 aromatic rings. The zero-order chi connectivity index (χ0) is 26.7. The van der Waals surface area contributed by atoms with Crippen molar-refractivity contribution >= 4 is 11.9 Å². The highest BCUT2D eigenvalue weighted by Gasteiger charge is 2.52. The van der Waals surface area contributed by atoms with Crippen LogP contribution in [0, 0.1) is 6.92 Å². The SMILES string of the molecule is CCOC(=O)C1(c2ccc(-c3ccc(-c4onc(C)c4C(N)C(=O)OCc4ccccc4)cc3)cc2)CC1. The molecule has 1 unspecified atom stereocenters. The minimum Gasteiger partial charge on any atom is -0.465 e. The van der Waals surface area contributed by atoms with Gasteiger partial charge >= 0.3 is 11.9 Å². The van der Waals surface area contributed by atoms with Crippen molar-refractivity contribution in [1.82, 2.24) is 5.16 Å². The number of ether oxygens (including phenoxy) is 2. The fourth-order valence-electron chi connectivity index (χ4n) is 4.69. The molecule has 1 fully saturated rings. The Bertz CT molecular complexity index is 1420. The van der Waals surface area contributed by atoms with E-state index in [-0.39, 0.29) is 12.6 Å². The van der Waals surface area contributed by atoms with Crippen LogP contribution in [-0.2, 0) is 31.1 Å². The van der Waals surface area contributed by atoms with Gasteiger partial charge in [-0.25, -0.2) is 4.79 Å². The summed E-state index contributed by atoms with van der Waals surface area (Å²) in [7, 11) is 0. The summed E-state index contributed by atoms with van der Waals surface area (Å²) < 4.78 is 16.3. The topological polar surface area (TPSA) is 105 Å². The fourth-order valence-corrected chi connectivity index (χ4v) is 4.69. The lowest BCUT2D eigenvalue weighted by molar-refractivity contribution is -0.147. The van der Waals surface area contributed by atoms with Gasteiger partial charge in [-0.1, -0.05) is 84.0 Å². The molecule has 1 heterocycles. The highest BCUT2D eigenvalue weighted by atomic mass is 16.5. The number of benzene rings is 3. The first-order chi connectivity index (χ1) is 18.4. The van der Waals surface area contributed by atoms with E-state index in [4.69, 9.17) is 19.7 Å². The van der Waals surface area contributed by atoms with Crippen LogP contribution in [0.2, 0.25) is 0 Å². The van der Waals surface area contributed by atoms with Crippen LogP contribution in [0.1, 0.15) is 48.2 Å². The van der Waals surface area contributed by atoms with E-state index in [1.165, 1.54) is 0 Å². The van der Waals surface area contributed by atoms with Gasteiger partial charge < -0.3 is 19.7 Å². The van der Waals surface area contributed by atoms with Gasteiger partial charge in [-0.15, -0.1) is 0 Å². The van der Waals surface area contributed by atoms with Gasteiger partial charge in [0, 0.05) is 5.56 Å². The maximum Gasteiger partial charge on any atom is 0.328 e. The lowest BCUT2D eigenvalue weighted by atomic mass is 9.93. The monoisotopic (exact) mass is 510 g/mol. The molecule has 0 amide bonds. The largest absolute Gasteiger partial charge is 0.465 e. The van der Waals surface area contributed by atoms with Crippen LogP contribution in [0.25, 0.3) is 22.5 Å². The first kappa shape index (κ1) is 25.4. The smallest absolute Gasteiger partial charge is 0.328 e. The van der Waals surface area contributed by atoms with E-state index in [1.807, 2.05) is 85.8 Å². The Hall–Kier alpha value is -4.23. The number of aromatic nitrogens is 1. The molecule has 0 bridgehead atoms. The molecule has 1 aliphatic carbocycles. The number of hydrogen-bond donors (Lipinski definition) is 1. The van der Waals surface area contributed by atoms with Gasteiger partial charge in [0.2, 0.25) is 0 Å². The number of rotatable bonds is 9. The maximum atomic E-state index is 12.7. The normalized spacial score (nSPS) is 14.5. The van der Waals surface area contributed by atoms with Gasteiger partial charge in [-0.2, -0.15) is 0 Å². The Morgan fingerprint density at radius 2 is 1.53 bits per heavy atom. The van der Waals surface area contributed by atoms with Gasteiger partial charge in [-0.3, -0.25) is 4.79 Å². The van der Waals surface area contributed by atoms with Gasteiger partial charge in [-0.05, 0) is 48.9 Å². The third-order valence-corrected chi connectivity index (χ3v) is 7.03. The Balaban J connectivity index is 1.31. The summed E-state index contributed by atoms with van der Waals surface area (Å²) in [6, 6.07) is 24.2. The third-order valence-electron chi connectivity index (χ3n) is 7.03. The fraction of sp³-hybridized carbons (Fsp3) is 0.258. The summed E-state index contributed by atoms with van der Waals surface area (Å²) in [6.45, 7) is 4.11. The number of esters is 2. The molecule has 38 heavy (non-hydrogen) atoms.